The maximum atomic E-state index is 5.99. The Kier molecular flexibility index (Phi) is 4.86. The third-order valence-electron chi connectivity index (χ3n) is 2.79. The minimum absolute atomic E-state index is 0.642. The van der Waals surface area contributed by atoms with Crippen LogP contribution < -0.4 is 10.5 Å². The van der Waals surface area contributed by atoms with Crippen LogP contribution in [0.3, 0.4) is 0 Å². The molecule has 0 spiro atoms. The quantitative estimate of drug-likeness (QED) is 0.875. The van der Waals surface area contributed by atoms with Gasteiger partial charge in [0.15, 0.2) is 0 Å². The standard InChI is InChI=1S/C15H15BrClNO/c1-10-8-12(3-4-14(10)17)19-15-5-2-11(6-7-18)9-13(15)16/h2-5,8-9H,6-7,18H2,1H3. The molecule has 2 N–H and O–H groups in total. The highest BCUT2D eigenvalue weighted by Gasteiger charge is 2.05. The van der Waals surface area contributed by atoms with Crippen LogP contribution in [0.1, 0.15) is 11.1 Å². The van der Waals surface area contributed by atoms with Gasteiger partial charge in [0.25, 0.3) is 0 Å². The average molecular weight is 341 g/mol. The zero-order chi connectivity index (χ0) is 13.8. The van der Waals surface area contributed by atoms with Crippen LogP contribution in [0.25, 0.3) is 0 Å². The Balaban J connectivity index is 2.20. The SMILES string of the molecule is Cc1cc(Oc2ccc(CCN)cc2Br)ccc1Cl. The summed E-state index contributed by atoms with van der Waals surface area (Å²) in [5.41, 5.74) is 7.73. The summed E-state index contributed by atoms with van der Waals surface area (Å²) >= 11 is 9.51. The fourth-order valence-electron chi connectivity index (χ4n) is 1.76. The number of ether oxygens (including phenoxy) is 1. The second-order valence-electron chi connectivity index (χ2n) is 4.32. The first kappa shape index (κ1) is 14.4. The van der Waals surface area contributed by atoms with E-state index in [0.29, 0.717) is 6.54 Å². The van der Waals surface area contributed by atoms with Gasteiger partial charge in [0.2, 0.25) is 0 Å². The molecule has 2 aromatic rings. The van der Waals surface area contributed by atoms with E-state index in [4.69, 9.17) is 22.1 Å². The Labute approximate surface area is 126 Å². The third kappa shape index (κ3) is 3.72. The summed E-state index contributed by atoms with van der Waals surface area (Å²) in [5, 5.41) is 0.740. The number of nitrogens with two attached hydrogens (primary N) is 1. The maximum Gasteiger partial charge on any atom is 0.141 e. The van der Waals surface area contributed by atoms with E-state index in [-0.39, 0.29) is 0 Å². The summed E-state index contributed by atoms with van der Waals surface area (Å²) in [5.74, 6) is 1.55. The lowest BCUT2D eigenvalue weighted by Crippen LogP contribution is -2.02. The zero-order valence-electron chi connectivity index (χ0n) is 10.6. The van der Waals surface area contributed by atoms with E-state index < -0.39 is 0 Å². The number of hydrogen-bond donors (Lipinski definition) is 1. The van der Waals surface area contributed by atoms with Gasteiger partial charge >= 0.3 is 0 Å². The molecule has 0 fully saturated rings. The van der Waals surface area contributed by atoms with E-state index in [0.717, 1.165) is 33.0 Å². The van der Waals surface area contributed by atoms with E-state index in [9.17, 15) is 0 Å². The topological polar surface area (TPSA) is 35.2 Å². The summed E-state index contributed by atoms with van der Waals surface area (Å²) in [6.45, 7) is 2.59. The predicted molar refractivity (Wildman–Crippen MR) is 83.2 cm³/mol. The second-order valence-corrected chi connectivity index (χ2v) is 5.58. The van der Waals surface area contributed by atoms with Gasteiger partial charge in [-0.15, -0.1) is 0 Å². The first-order valence-corrected chi connectivity index (χ1v) is 7.20. The molecule has 0 saturated heterocycles. The number of rotatable bonds is 4. The number of aryl methyl sites for hydroxylation is 1. The first-order valence-electron chi connectivity index (χ1n) is 6.02. The van der Waals surface area contributed by atoms with Crippen molar-refractivity contribution in [1.82, 2.24) is 0 Å². The van der Waals surface area contributed by atoms with E-state index in [1.54, 1.807) is 0 Å². The van der Waals surface area contributed by atoms with Crippen LogP contribution in [0.2, 0.25) is 5.02 Å². The molecular weight excluding hydrogens is 326 g/mol. The molecule has 2 rings (SSSR count). The van der Waals surface area contributed by atoms with Gasteiger partial charge in [-0.25, -0.2) is 0 Å². The molecule has 100 valence electrons. The number of benzene rings is 2. The lowest BCUT2D eigenvalue weighted by atomic mass is 10.1. The molecule has 0 aliphatic rings. The van der Waals surface area contributed by atoms with Crippen molar-refractivity contribution in [3.8, 4) is 11.5 Å². The average Bonchev–Trinajstić information content (AvgIpc) is 2.37. The molecule has 0 amide bonds. The fourth-order valence-corrected chi connectivity index (χ4v) is 2.38. The zero-order valence-corrected chi connectivity index (χ0v) is 13.0. The molecule has 19 heavy (non-hydrogen) atoms. The van der Waals surface area contributed by atoms with Crippen molar-refractivity contribution in [3.63, 3.8) is 0 Å². The Morgan fingerprint density at radius 1 is 1.21 bits per heavy atom. The van der Waals surface area contributed by atoms with Crippen molar-refractivity contribution >= 4 is 27.5 Å². The molecular formula is C15H15BrClNO. The molecule has 0 aromatic heterocycles. The largest absolute Gasteiger partial charge is 0.456 e. The highest BCUT2D eigenvalue weighted by molar-refractivity contribution is 9.10. The molecule has 0 aliphatic heterocycles. The van der Waals surface area contributed by atoms with Crippen LogP contribution >= 0.6 is 27.5 Å². The fraction of sp³-hybridized carbons (Fsp3) is 0.200. The van der Waals surface area contributed by atoms with Crippen LogP contribution in [0.4, 0.5) is 0 Å². The molecule has 0 radical (unpaired) electrons. The highest BCUT2D eigenvalue weighted by atomic mass is 79.9. The van der Waals surface area contributed by atoms with Crippen molar-refractivity contribution in [2.24, 2.45) is 5.73 Å². The summed E-state index contributed by atoms with van der Waals surface area (Å²) in [7, 11) is 0. The van der Waals surface area contributed by atoms with Crippen molar-refractivity contribution < 1.29 is 4.74 Å². The van der Waals surface area contributed by atoms with Gasteiger partial charge in [0.05, 0.1) is 4.47 Å². The van der Waals surface area contributed by atoms with Gasteiger partial charge < -0.3 is 10.5 Å². The smallest absolute Gasteiger partial charge is 0.141 e. The molecule has 0 atom stereocenters. The summed E-state index contributed by atoms with van der Waals surface area (Å²) < 4.78 is 6.76. The minimum atomic E-state index is 0.642. The third-order valence-corrected chi connectivity index (χ3v) is 3.83. The van der Waals surface area contributed by atoms with E-state index in [1.807, 2.05) is 43.3 Å². The van der Waals surface area contributed by atoms with Crippen LogP contribution in [-0.4, -0.2) is 6.54 Å². The summed E-state index contributed by atoms with van der Waals surface area (Å²) in [4.78, 5) is 0. The van der Waals surface area contributed by atoms with Crippen LogP contribution in [0, 0.1) is 6.92 Å². The van der Waals surface area contributed by atoms with Gasteiger partial charge in [-0.05, 0) is 77.3 Å². The summed E-state index contributed by atoms with van der Waals surface area (Å²) in [6.07, 6.45) is 0.860. The number of hydrogen-bond acceptors (Lipinski definition) is 2. The summed E-state index contributed by atoms with van der Waals surface area (Å²) in [6, 6.07) is 11.6. The van der Waals surface area contributed by atoms with Crippen LogP contribution in [0.5, 0.6) is 11.5 Å². The van der Waals surface area contributed by atoms with Crippen molar-refractivity contribution in [2.45, 2.75) is 13.3 Å². The van der Waals surface area contributed by atoms with Crippen molar-refractivity contribution in [2.75, 3.05) is 6.54 Å². The van der Waals surface area contributed by atoms with Crippen molar-refractivity contribution in [1.29, 1.82) is 0 Å². The molecule has 0 unspecified atom stereocenters. The van der Waals surface area contributed by atoms with E-state index >= 15 is 0 Å². The normalized spacial score (nSPS) is 10.5. The van der Waals surface area contributed by atoms with E-state index in [2.05, 4.69) is 15.9 Å². The van der Waals surface area contributed by atoms with Gasteiger partial charge in [-0.1, -0.05) is 17.7 Å². The molecule has 4 heteroatoms. The Hall–Kier alpha value is -1.03. The predicted octanol–water partition coefficient (Wildman–Crippen LogP) is 4.70. The molecule has 0 bridgehead atoms. The number of halogens is 2. The Bertz CT molecular complexity index is 586. The Morgan fingerprint density at radius 2 is 2.00 bits per heavy atom. The van der Waals surface area contributed by atoms with Gasteiger partial charge in [-0.3, -0.25) is 0 Å². The molecule has 0 heterocycles. The Morgan fingerprint density at radius 3 is 2.63 bits per heavy atom. The maximum absolute atomic E-state index is 5.99. The van der Waals surface area contributed by atoms with Crippen LogP contribution in [0.15, 0.2) is 40.9 Å². The molecule has 2 aromatic carbocycles. The minimum Gasteiger partial charge on any atom is -0.456 e. The molecule has 2 nitrogen and oxygen atoms in total. The van der Waals surface area contributed by atoms with Crippen LogP contribution in [-0.2, 0) is 6.42 Å². The highest BCUT2D eigenvalue weighted by Crippen LogP contribution is 2.32. The second kappa shape index (κ2) is 6.42. The van der Waals surface area contributed by atoms with Gasteiger partial charge in [0, 0.05) is 5.02 Å². The first-order chi connectivity index (χ1) is 9.10. The van der Waals surface area contributed by atoms with Crippen molar-refractivity contribution in [3.05, 3.63) is 57.0 Å². The molecule has 0 saturated carbocycles. The van der Waals surface area contributed by atoms with E-state index in [1.165, 1.54) is 5.56 Å². The van der Waals surface area contributed by atoms with Gasteiger partial charge in [0.1, 0.15) is 11.5 Å². The lowest BCUT2D eigenvalue weighted by Gasteiger charge is -2.10. The molecule has 0 aliphatic carbocycles. The lowest BCUT2D eigenvalue weighted by molar-refractivity contribution is 0.479. The van der Waals surface area contributed by atoms with Gasteiger partial charge in [-0.2, -0.15) is 0 Å². The monoisotopic (exact) mass is 339 g/mol.